The SMILES string of the molecule is CCN(CC)CCCCNC(=O)c1cc(OC)c(OC)c(OC)c1Br. The van der Waals surface area contributed by atoms with E-state index >= 15 is 0 Å². The molecule has 1 aromatic rings. The van der Waals surface area contributed by atoms with Gasteiger partial charge in [0.25, 0.3) is 5.91 Å². The van der Waals surface area contributed by atoms with Crippen LogP contribution in [0.15, 0.2) is 10.5 Å². The molecule has 1 N–H and O–H groups in total. The average Bonchev–Trinajstić information content (AvgIpc) is 2.63. The maximum atomic E-state index is 12.5. The first-order chi connectivity index (χ1) is 12.0. The van der Waals surface area contributed by atoms with Crippen molar-refractivity contribution in [3.63, 3.8) is 0 Å². The number of carbonyl (C=O) groups excluding carboxylic acids is 1. The maximum absolute atomic E-state index is 12.5. The van der Waals surface area contributed by atoms with Crippen LogP contribution >= 0.6 is 15.9 Å². The van der Waals surface area contributed by atoms with Crippen LogP contribution in [0, 0.1) is 0 Å². The molecule has 0 radical (unpaired) electrons. The Labute approximate surface area is 158 Å². The van der Waals surface area contributed by atoms with E-state index in [1.165, 1.54) is 21.3 Å². The number of carbonyl (C=O) groups is 1. The van der Waals surface area contributed by atoms with E-state index in [9.17, 15) is 4.79 Å². The standard InChI is InChI=1S/C18H29BrN2O4/c1-6-21(7-2)11-9-8-10-20-18(22)13-12-14(23-3)16(24-4)17(25-5)15(13)19/h12H,6-11H2,1-5H3,(H,20,22). The summed E-state index contributed by atoms with van der Waals surface area (Å²) in [6, 6.07) is 1.65. The van der Waals surface area contributed by atoms with Crippen molar-refractivity contribution in [3.8, 4) is 17.2 Å². The number of methoxy groups -OCH3 is 3. The van der Waals surface area contributed by atoms with Crippen LogP contribution in [-0.4, -0.2) is 58.3 Å². The molecular formula is C18H29BrN2O4. The third-order valence-corrected chi connectivity index (χ3v) is 4.88. The van der Waals surface area contributed by atoms with Crippen molar-refractivity contribution >= 4 is 21.8 Å². The summed E-state index contributed by atoms with van der Waals surface area (Å²) in [5.74, 6) is 1.17. The number of ether oxygens (including phenoxy) is 3. The lowest BCUT2D eigenvalue weighted by Gasteiger charge is -2.18. The molecule has 1 rings (SSSR count). The second kappa shape index (κ2) is 11.2. The summed E-state index contributed by atoms with van der Waals surface area (Å²) in [4.78, 5) is 14.9. The van der Waals surface area contributed by atoms with Crippen molar-refractivity contribution in [3.05, 3.63) is 16.1 Å². The Morgan fingerprint density at radius 1 is 1.08 bits per heavy atom. The number of nitrogens with zero attached hydrogens (tertiary/aromatic N) is 1. The lowest BCUT2D eigenvalue weighted by Crippen LogP contribution is -2.27. The number of nitrogens with one attached hydrogen (secondary N) is 1. The molecule has 25 heavy (non-hydrogen) atoms. The normalized spacial score (nSPS) is 10.7. The Hall–Kier alpha value is -1.47. The van der Waals surface area contributed by atoms with E-state index in [0.29, 0.717) is 33.8 Å². The number of amides is 1. The van der Waals surface area contributed by atoms with Gasteiger partial charge in [-0.3, -0.25) is 4.79 Å². The van der Waals surface area contributed by atoms with E-state index in [1.54, 1.807) is 6.07 Å². The minimum Gasteiger partial charge on any atom is -0.493 e. The molecule has 1 amide bonds. The van der Waals surface area contributed by atoms with Gasteiger partial charge >= 0.3 is 0 Å². The number of benzene rings is 1. The monoisotopic (exact) mass is 416 g/mol. The summed E-state index contributed by atoms with van der Waals surface area (Å²) < 4.78 is 16.5. The first-order valence-electron chi connectivity index (χ1n) is 8.52. The molecule has 0 aliphatic carbocycles. The van der Waals surface area contributed by atoms with Gasteiger partial charge in [-0.05, 0) is 54.5 Å². The fraction of sp³-hybridized carbons (Fsp3) is 0.611. The summed E-state index contributed by atoms with van der Waals surface area (Å²) in [5.41, 5.74) is 0.457. The molecule has 0 saturated heterocycles. The average molecular weight is 417 g/mol. The summed E-state index contributed by atoms with van der Waals surface area (Å²) in [6.07, 6.45) is 1.99. The first kappa shape index (κ1) is 21.6. The zero-order valence-corrected chi connectivity index (χ0v) is 17.4. The molecule has 0 bridgehead atoms. The van der Waals surface area contributed by atoms with Gasteiger partial charge in [-0.25, -0.2) is 0 Å². The second-order valence-corrected chi connectivity index (χ2v) is 6.29. The van der Waals surface area contributed by atoms with Gasteiger partial charge < -0.3 is 24.4 Å². The van der Waals surface area contributed by atoms with Gasteiger partial charge in [0.15, 0.2) is 11.5 Å². The zero-order valence-electron chi connectivity index (χ0n) is 15.8. The zero-order chi connectivity index (χ0) is 18.8. The van der Waals surface area contributed by atoms with Crippen molar-refractivity contribution < 1.29 is 19.0 Å². The molecule has 0 heterocycles. The molecule has 0 unspecified atom stereocenters. The molecule has 0 aliphatic rings. The van der Waals surface area contributed by atoms with Gasteiger partial charge in [-0.15, -0.1) is 0 Å². The predicted octanol–water partition coefficient (Wildman–Crippen LogP) is 3.33. The summed E-state index contributed by atoms with van der Waals surface area (Å²) in [7, 11) is 4.58. The summed E-state index contributed by atoms with van der Waals surface area (Å²) in [6.45, 7) is 8.11. The minimum absolute atomic E-state index is 0.172. The van der Waals surface area contributed by atoms with Crippen LogP contribution < -0.4 is 19.5 Å². The summed E-state index contributed by atoms with van der Waals surface area (Å²) in [5, 5.41) is 2.95. The maximum Gasteiger partial charge on any atom is 0.252 e. The molecule has 7 heteroatoms. The van der Waals surface area contributed by atoms with Gasteiger partial charge in [0.2, 0.25) is 5.75 Å². The van der Waals surface area contributed by atoms with Crippen molar-refractivity contribution in [2.24, 2.45) is 0 Å². The number of rotatable bonds is 11. The van der Waals surface area contributed by atoms with Gasteiger partial charge in [0.1, 0.15) is 0 Å². The van der Waals surface area contributed by atoms with Crippen LogP contribution in [-0.2, 0) is 0 Å². The second-order valence-electron chi connectivity index (χ2n) is 5.50. The Bertz CT molecular complexity index is 562. The lowest BCUT2D eigenvalue weighted by molar-refractivity contribution is 0.0951. The first-order valence-corrected chi connectivity index (χ1v) is 9.32. The van der Waals surface area contributed by atoms with E-state index < -0.39 is 0 Å². The van der Waals surface area contributed by atoms with Gasteiger partial charge in [-0.1, -0.05) is 13.8 Å². The van der Waals surface area contributed by atoms with E-state index in [1.807, 2.05) is 0 Å². The predicted molar refractivity (Wildman–Crippen MR) is 103 cm³/mol. The Balaban J connectivity index is 2.72. The molecule has 0 saturated carbocycles. The topological polar surface area (TPSA) is 60.0 Å². The molecule has 1 aromatic carbocycles. The highest BCUT2D eigenvalue weighted by atomic mass is 79.9. The van der Waals surface area contributed by atoms with Gasteiger partial charge in [0, 0.05) is 6.54 Å². The Morgan fingerprint density at radius 3 is 2.24 bits per heavy atom. The third kappa shape index (κ3) is 5.78. The third-order valence-electron chi connectivity index (χ3n) is 4.10. The number of unbranched alkanes of at least 4 members (excludes halogenated alkanes) is 1. The van der Waals surface area contributed by atoms with Crippen LogP contribution in [0.4, 0.5) is 0 Å². The van der Waals surface area contributed by atoms with E-state index in [4.69, 9.17) is 14.2 Å². The van der Waals surface area contributed by atoms with Crippen LogP contribution in [0.25, 0.3) is 0 Å². The molecule has 6 nitrogen and oxygen atoms in total. The Kier molecular flexibility index (Phi) is 9.67. The summed E-state index contributed by atoms with van der Waals surface area (Å²) >= 11 is 3.43. The number of hydrogen-bond acceptors (Lipinski definition) is 5. The Morgan fingerprint density at radius 2 is 1.72 bits per heavy atom. The molecule has 0 fully saturated rings. The highest BCUT2D eigenvalue weighted by molar-refractivity contribution is 9.10. The number of hydrogen-bond donors (Lipinski definition) is 1. The van der Waals surface area contributed by atoms with Gasteiger partial charge in [-0.2, -0.15) is 0 Å². The van der Waals surface area contributed by atoms with Crippen molar-refractivity contribution in [2.45, 2.75) is 26.7 Å². The highest BCUT2D eigenvalue weighted by Gasteiger charge is 2.22. The van der Waals surface area contributed by atoms with E-state index in [0.717, 1.165) is 32.5 Å². The molecule has 0 aliphatic heterocycles. The molecule has 0 atom stereocenters. The largest absolute Gasteiger partial charge is 0.493 e. The van der Waals surface area contributed by atoms with Gasteiger partial charge in [0.05, 0.1) is 31.4 Å². The molecule has 142 valence electrons. The van der Waals surface area contributed by atoms with Crippen molar-refractivity contribution in [1.82, 2.24) is 10.2 Å². The van der Waals surface area contributed by atoms with Crippen LogP contribution in [0.1, 0.15) is 37.0 Å². The number of halogens is 1. The molecular weight excluding hydrogens is 388 g/mol. The van der Waals surface area contributed by atoms with Crippen LogP contribution in [0.3, 0.4) is 0 Å². The smallest absolute Gasteiger partial charge is 0.252 e. The highest BCUT2D eigenvalue weighted by Crippen LogP contribution is 2.44. The van der Waals surface area contributed by atoms with E-state index in [2.05, 4.69) is 40.0 Å². The van der Waals surface area contributed by atoms with Crippen molar-refractivity contribution in [1.29, 1.82) is 0 Å². The fourth-order valence-corrected chi connectivity index (χ4v) is 3.22. The minimum atomic E-state index is -0.172. The lowest BCUT2D eigenvalue weighted by atomic mass is 10.1. The van der Waals surface area contributed by atoms with Crippen LogP contribution in [0.2, 0.25) is 0 Å². The van der Waals surface area contributed by atoms with E-state index in [-0.39, 0.29) is 5.91 Å². The van der Waals surface area contributed by atoms with Crippen LogP contribution in [0.5, 0.6) is 17.2 Å². The van der Waals surface area contributed by atoms with Crippen molar-refractivity contribution in [2.75, 3.05) is 47.5 Å². The molecule has 0 aromatic heterocycles. The molecule has 0 spiro atoms. The fourth-order valence-electron chi connectivity index (χ4n) is 2.58. The quantitative estimate of drug-likeness (QED) is 0.560.